The first-order valence-electron chi connectivity index (χ1n) is 9.93. The summed E-state index contributed by atoms with van der Waals surface area (Å²) in [5, 5.41) is 8.89. The number of aryl methyl sites for hydroxylation is 1. The summed E-state index contributed by atoms with van der Waals surface area (Å²) in [4.78, 5) is 12.9. The summed E-state index contributed by atoms with van der Waals surface area (Å²) in [6.45, 7) is 8.08. The predicted octanol–water partition coefficient (Wildman–Crippen LogP) is 4.29. The van der Waals surface area contributed by atoms with Crippen LogP contribution in [-0.2, 0) is 10.0 Å². The van der Waals surface area contributed by atoms with Crippen molar-refractivity contribution in [2.24, 2.45) is 0 Å². The van der Waals surface area contributed by atoms with Gasteiger partial charge in [-0.1, -0.05) is 26.0 Å². The second-order valence-corrected chi connectivity index (χ2v) is 8.92. The van der Waals surface area contributed by atoms with Gasteiger partial charge in [0.2, 0.25) is 5.03 Å². The van der Waals surface area contributed by atoms with Crippen molar-refractivity contribution in [3.05, 3.63) is 65.4 Å². The third-order valence-electron chi connectivity index (χ3n) is 4.62. The Morgan fingerprint density at radius 3 is 2.48 bits per heavy atom. The highest BCUT2D eigenvalue weighted by Gasteiger charge is 2.28. The van der Waals surface area contributed by atoms with Gasteiger partial charge in [0.05, 0.1) is 6.61 Å². The minimum Gasteiger partial charge on any atom is -0.494 e. The van der Waals surface area contributed by atoms with E-state index >= 15 is 0 Å². The maximum Gasteiger partial charge on any atom is 0.282 e. The Labute approximate surface area is 182 Å². The highest BCUT2D eigenvalue weighted by atomic mass is 32.2. The molecule has 3 aromatic rings. The molecule has 1 aromatic heterocycles. The van der Waals surface area contributed by atoms with Crippen molar-refractivity contribution in [1.82, 2.24) is 10.2 Å². The quantitative estimate of drug-likeness (QED) is 0.482. The smallest absolute Gasteiger partial charge is 0.282 e. The van der Waals surface area contributed by atoms with Gasteiger partial charge in [-0.25, -0.2) is 0 Å². The predicted molar refractivity (Wildman–Crippen MR) is 120 cm³/mol. The molecule has 0 aliphatic heterocycles. The summed E-state index contributed by atoms with van der Waals surface area (Å²) < 4.78 is 33.7. The van der Waals surface area contributed by atoms with Crippen molar-refractivity contribution in [2.75, 3.05) is 16.6 Å². The normalized spacial score (nSPS) is 11.4. The molecule has 0 aliphatic rings. The molecule has 0 saturated carbocycles. The van der Waals surface area contributed by atoms with Gasteiger partial charge >= 0.3 is 0 Å². The van der Waals surface area contributed by atoms with Crippen LogP contribution in [0.2, 0.25) is 0 Å². The summed E-state index contributed by atoms with van der Waals surface area (Å²) in [5.41, 5.74) is 2.30. The third-order valence-corrected chi connectivity index (χ3v) is 5.93. The van der Waals surface area contributed by atoms with Gasteiger partial charge in [-0.3, -0.25) is 14.6 Å². The maximum absolute atomic E-state index is 12.9. The lowest BCUT2D eigenvalue weighted by Gasteiger charge is -2.11. The highest BCUT2D eigenvalue weighted by Crippen LogP contribution is 2.24. The van der Waals surface area contributed by atoms with Gasteiger partial charge in [0.25, 0.3) is 15.9 Å². The number of sulfonamides is 1. The zero-order chi connectivity index (χ0) is 22.6. The van der Waals surface area contributed by atoms with Crippen LogP contribution < -0.4 is 14.8 Å². The first-order valence-corrected chi connectivity index (χ1v) is 11.4. The molecule has 0 bridgehead atoms. The molecule has 1 heterocycles. The Morgan fingerprint density at radius 1 is 1.13 bits per heavy atom. The second kappa shape index (κ2) is 9.22. The van der Waals surface area contributed by atoms with Gasteiger partial charge in [0.15, 0.2) is 0 Å². The van der Waals surface area contributed by atoms with Crippen LogP contribution in [-0.4, -0.2) is 31.1 Å². The number of nitrogens with zero attached hydrogens (tertiary/aromatic N) is 1. The van der Waals surface area contributed by atoms with Crippen molar-refractivity contribution >= 4 is 27.3 Å². The fraction of sp³-hybridized carbons (Fsp3) is 0.273. The monoisotopic (exact) mass is 442 g/mol. The van der Waals surface area contributed by atoms with Crippen LogP contribution in [0.25, 0.3) is 0 Å². The molecule has 3 N–H and O–H groups in total. The van der Waals surface area contributed by atoms with Crippen LogP contribution in [0.5, 0.6) is 5.75 Å². The standard InChI is InChI=1S/C22H26N4O4S/c1-5-30-19-11-9-17(10-12-19)26-31(28,29)22-20(15(4)24-25-22)21(27)23-18-8-6-7-16(13-18)14(2)3/h6-14,26H,5H2,1-4H3,(H,23,27)(H,24,25). The highest BCUT2D eigenvalue weighted by molar-refractivity contribution is 7.92. The zero-order valence-corrected chi connectivity index (χ0v) is 18.7. The molecule has 0 fully saturated rings. The maximum atomic E-state index is 12.9. The number of rotatable bonds is 8. The number of hydrogen-bond acceptors (Lipinski definition) is 5. The molecule has 164 valence electrons. The number of nitrogens with one attached hydrogen (secondary N) is 3. The zero-order valence-electron chi connectivity index (χ0n) is 17.9. The molecule has 9 heteroatoms. The van der Waals surface area contributed by atoms with Crippen LogP contribution in [0.3, 0.4) is 0 Å². The Hall–Kier alpha value is -3.33. The number of amides is 1. The largest absolute Gasteiger partial charge is 0.494 e. The van der Waals surface area contributed by atoms with Crippen LogP contribution in [0.1, 0.15) is 48.3 Å². The van der Waals surface area contributed by atoms with E-state index in [1.165, 1.54) is 0 Å². The van der Waals surface area contributed by atoms with E-state index in [2.05, 4.69) is 34.1 Å². The van der Waals surface area contributed by atoms with E-state index in [0.29, 0.717) is 35.3 Å². The number of H-pyrrole nitrogens is 1. The fourth-order valence-corrected chi connectivity index (χ4v) is 4.25. The van der Waals surface area contributed by atoms with Crippen LogP contribution in [0, 0.1) is 6.92 Å². The average molecular weight is 443 g/mol. The molecule has 0 atom stereocenters. The summed E-state index contributed by atoms with van der Waals surface area (Å²) in [5.74, 6) is 0.366. The van der Waals surface area contributed by atoms with E-state index in [1.54, 1.807) is 37.3 Å². The number of anilines is 2. The molecule has 0 unspecified atom stereocenters. The molecule has 0 aliphatic carbocycles. The SMILES string of the molecule is CCOc1ccc(NS(=O)(=O)c2n[nH]c(C)c2C(=O)Nc2cccc(C(C)C)c2)cc1. The van der Waals surface area contributed by atoms with Gasteiger partial charge in [-0.2, -0.15) is 13.5 Å². The minimum atomic E-state index is -4.10. The molecule has 3 rings (SSSR count). The molecular formula is C22H26N4O4S. The molecule has 1 amide bonds. The Kier molecular flexibility index (Phi) is 6.65. The first kappa shape index (κ1) is 22.4. The lowest BCUT2D eigenvalue weighted by Crippen LogP contribution is -2.20. The van der Waals surface area contributed by atoms with Gasteiger partial charge in [0.1, 0.15) is 11.3 Å². The second-order valence-electron chi connectivity index (χ2n) is 7.33. The molecular weight excluding hydrogens is 416 g/mol. The molecule has 0 saturated heterocycles. The Balaban J connectivity index is 1.85. The lowest BCUT2D eigenvalue weighted by molar-refractivity contribution is 0.102. The Morgan fingerprint density at radius 2 is 1.84 bits per heavy atom. The summed E-state index contributed by atoms with van der Waals surface area (Å²) in [6.07, 6.45) is 0. The van der Waals surface area contributed by atoms with E-state index in [-0.39, 0.29) is 10.6 Å². The third kappa shape index (κ3) is 5.24. The van der Waals surface area contributed by atoms with Gasteiger partial charge in [-0.15, -0.1) is 0 Å². The fourth-order valence-electron chi connectivity index (χ4n) is 3.03. The number of ether oxygens (including phenoxy) is 1. The summed E-state index contributed by atoms with van der Waals surface area (Å²) in [7, 11) is -4.10. The van der Waals surface area contributed by atoms with E-state index < -0.39 is 15.9 Å². The van der Waals surface area contributed by atoms with E-state index in [9.17, 15) is 13.2 Å². The van der Waals surface area contributed by atoms with Gasteiger partial charge in [-0.05, 0) is 61.7 Å². The summed E-state index contributed by atoms with van der Waals surface area (Å²) >= 11 is 0. The lowest BCUT2D eigenvalue weighted by atomic mass is 10.0. The Bertz CT molecular complexity index is 1170. The number of aromatic amines is 1. The number of hydrogen-bond donors (Lipinski definition) is 3. The van der Waals surface area contributed by atoms with Gasteiger partial charge in [0, 0.05) is 17.1 Å². The molecule has 0 spiro atoms. The van der Waals surface area contributed by atoms with Crippen LogP contribution in [0.15, 0.2) is 53.6 Å². The van der Waals surface area contributed by atoms with E-state index in [1.807, 2.05) is 25.1 Å². The van der Waals surface area contributed by atoms with E-state index in [4.69, 9.17) is 4.74 Å². The number of benzene rings is 2. The minimum absolute atomic E-state index is 0.0339. The van der Waals surface area contributed by atoms with Crippen molar-refractivity contribution < 1.29 is 17.9 Å². The first-order chi connectivity index (χ1) is 14.7. The summed E-state index contributed by atoms with van der Waals surface area (Å²) in [6, 6.07) is 13.9. The number of aromatic nitrogens is 2. The van der Waals surface area contributed by atoms with Crippen LogP contribution in [0.4, 0.5) is 11.4 Å². The van der Waals surface area contributed by atoms with Crippen LogP contribution >= 0.6 is 0 Å². The van der Waals surface area contributed by atoms with Crippen molar-refractivity contribution in [3.8, 4) is 5.75 Å². The number of carbonyl (C=O) groups is 1. The topological polar surface area (TPSA) is 113 Å². The van der Waals surface area contributed by atoms with E-state index in [0.717, 1.165) is 5.56 Å². The van der Waals surface area contributed by atoms with Crippen molar-refractivity contribution in [2.45, 2.75) is 38.6 Å². The van der Waals surface area contributed by atoms with Crippen molar-refractivity contribution in [1.29, 1.82) is 0 Å². The average Bonchev–Trinajstić information content (AvgIpc) is 3.12. The van der Waals surface area contributed by atoms with Crippen molar-refractivity contribution in [3.63, 3.8) is 0 Å². The molecule has 31 heavy (non-hydrogen) atoms. The molecule has 0 radical (unpaired) electrons. The molecule has 2 aromatic carbocycles. The number of carbonyl (C=O) groups excluding carboxylic acids is 1. The van der Waals surface area contributed by atoms with Gasteiger partial charge < -0.3 is 10.1 Å². The molecule has 8 nitrogen and oxygen atoms in total.